The van der Waals surface area contributed by atoms with E-state index in [4.69, 9.17) is 47.4 Å². The van der Waals surface area contributed by atoms with E-state index in [-0.39, 0.29) is 52.6 Å². The summed E-state index contributed by atoms with van der Waals surface area (Å²) in [5.74, 6) is -0.494. The zero-order valence-corrected chi connectivity index (χ0v) is 49.5. The Morgan fingerprint density at radius 1 is 0.548 bits per heavy atom. The first-order valence-corrected chi connectivity index (χ1v) is 30.5. The Morgan fingerprint density at radius 2 is 1.15 bits per heavy atom. The van der Waals surface area contributed by atoms with E-state index in [1.165, 1.54) is 13.8 Å². The van der Waals surface area contributed by atoms with Gasteiger partial charge in [-0.15, -0.1) is 0 Å². The van der Waals surface area contributed by atoms with E-state index in [2.05, 4.69) is 41.2 Å². The van der Waals surface area contributed by atoms with Crippen molar-refractivity contribution in [3.05, 3.63) is 12.2 Å². The molecule has 34 unspecified atom stereocenters. The fraction of sp³-hybridized carbons (Fsp3) is 0.949. The van der Waals surface area contributed by atoms with Gasteiger partial charge in [-0.05, 0) is 130 Å². The lowest BCUT2D eigenvalue weighted by molar-refractivity contribution is -0.365. The van der Waals surface area contributed by atoms with Gasteiger partial charge in [0, 0.05) is 5.92 Å². The molecule has 0 aromatic heterocycles. The van der Waals surface area contributed by atoms with Crippen molar-refractivity contribution < 1.29 is 124 Å². The predicted octanol–water partition coefficient (Wildman–Crippen LogP) is -1.87. The Kier molecular flexibility index (Phi) is 18.8. The molecular weight excluding hydrogens is 1110 g/mol. The minimum atomic E-state index is -1.92. The van der Waals surface area contributed by atoms with Crippen LogP contribution in [0.15, 0.2) is 12.2 Å². The van der Waals surface area contributed by atoms with Crippen LogP contribution in [-0.4, -0.2) is 256 Å². The van der Waals surface area contributed by atoms with Crippen molar-refractivity contribution in [2.24, 2.45) is 51.2 Å². The molecule has 0 spiro atoms. The fourth-order valence-corrected chi connectivity index (χ4v) is 18.3. The highest BCUT2D eigenvalue weighted by Gasteiger charge is 2.72. The summed E-state index contributed by atoms with van der Waals surface area (Å²) >= 11 is 0. The van der Waals surface area contributed by atoms with Gasteiger partial charge in [-0.2, -0.15) is 0 Å². The van der Waals surface area contributed by atoms with Crippen LogP contribution >= 0.6 is 0 Å². The fourth-order valence-electron chi connectivity index (χ4n) is 18.3. The average Bonchev–Trinajstić information content (AvgIpc) is 1.01. The number of allylic oxidation sites excluding steroid dienone is 1. The van der Waals surface area contributed by atoms with Gasteiger partial charge in [-0.1, -0.05) is 46.8 Å². The molecule has 5 aliphatic heterocycles. The van der Waals surface area contributed by atoms with Crippen molar-refractivity contribution in [1.29, 1.82) is 0 Å². The van der Waals surface area contributed by atoms with E-state index in [0.29, 0.717) is 31.6 Å². The summed E-state index contributed by atoms with van der Waals surface area (Å²) in [5.41, 5.74) is -0.941. The van der Waals surface area contributed by atoms with E-state index in [1.807, 2.05) is 6.92 Å². The first-order valence-electron chi connectivity index (χ1n) is 30.5. The maximum absolute atomic E-state index is 14.7. The van der Waals surface area contributed by atoms with E-state index in [9.17, 15) is 76.3 Å². The summed E-state index contributed by atoms with van der Waals surface area (Å²) in [7, 11) is 0. The van der Waals surface area contributed by atoms with Crippen LogP contribution in [0.4, 0.5) is 0 Å². The number of carbonyl (C=O) groups excluding carboxylic acids is 1. The minimum Gasteiger partial charge on any atom is -0.457 e. The number of aliphatic hydroxyl groups is 14. The smallest absolute Gasteiger partial charge is 0.338 e. The van der Waals surface area contributed by atoms with Crippen LogP contribution in [0, 0.1) is 51.2 Å². The zero-order chi connectivity index (χ0) is 61.2. The lowest BCUT2D eigenvalue weighted by Gasteiger charge is -2.73. The SMILES string of the molecule is C=C(C)C1CCC2(OC(=O)C3OC(COC4OC(CO)C(OC5OC(C)C(O)C(O)C5O)C(O)C4O)C(O)C(O)C3O)CCC3(C)C(CCC4C5(C)CCC(OC6OCC(O)C(O)C6OC6OC(C)C(O)C(O)C6O)C(C)(C)C5CCC43C)C12. The Hall–Kier alpha value is -1.71. The molecule has 10 rings (SSSR count). The van der Waals surface area contributed by atoms with E-state index in [0.717, 1.165) is 44.1 Å². The molecule has 5 heterocycles. The summed E-state index contributed by atoms with van der Waals surface area (Å²) in [5, 5.41) is 151. The van der Waals surface area contributed by atoms with Crippen LogP contribution in [0.5, 0.6) is 0 Å². The van der Waals surface area contributed by atoms with Gasteiger partial charge in [0.05, 0.1) is 38.1 Å². The summed E-state index contributed by atoms with van der Waals surface area (Å²) in [4.78, 5) is 14.7. The number of hydrogen-bond donors (Lipinski definition) is 14. The van der Waals surface area contributed by atoms with Gasteiger partial charge in [0.1, 0.15) is 109 Å². The highest BCUT2D eigenvalue weighted by atomic mass is 16.8. The van der Waals surface area contributed by atoms with Gasteiger partial charge in [-0.25, -0.2) is 4.79 Å². The van der Waals surface area contributed by atoms with E-state index >= 15 is 0 Å². The largest absolute Gasteiger partial charge is 0.457 e. The first-order chi connectivity index (χ1) is 39.4. The lowest BCUT2D eigenvalue weighted by atomic mass is 9.33. The molecule has 5 saturated carbocycles. The van der Waals surface area contributed by atoms with E-state index < -0.39 is 177 Å². The quantitative estimate of drug-likeness (QED) is 0.0546. The molecule has 0 bridgehead atoms. The number of hydrogen-bond acceptors (Lipinski definition) is 25. The molecule has 5 aliphatic carbocycles. The first kappa shape index (κ1) is 65.2. The standard InChI is InChI=1S/C59H96O25/c1-23(2)26-12-17-59(84-50(74)48-42(69)41(68)38(65)30(79-48)22-76-51-46(73)43(70)47(29(20-60)80-51)82-52-44(71)39(66)35(62)24(3)77-52)19-18-57(8)27(34(26)59)10-11-32-56(7)15-14-33(55(5,6)31(56)13-16-58(32,57)9)81-54-49(37(64)28(61)21-75-54)83-53-45(72)40(67)36(63)25(4)78-53/h24-49,51-54,60-73H,1,10-22H2,2-9H3. The van der Waals surface area contributed by atoms with Gasteiger partial charge in [0.15, 0.2) is 31.3 Å². The molecule has 482 valence electrons. The van der Waals surface area contributed by atoms with Crippen LogP contribution < -0.4 is 0 Å². The van der Waals surface area contributed by atoms with E-state index in [1.54, 1.807) is 0 Å². The normalized spacial score (nSPS) is 55.6. The van der Waals surface area contributed by atoms with Crippen molar-refractivity contribution in [2.45, 2.75) is 279 Å². The third kappa shape index (κ3) is 10.8. The minimum absolute atomic E-state index is 0.00236. The maximum atomic E-state index is 14.7. The zero-order valence-electron chi connectivity index (χ0n) is 49.5. The number of aliphatic hydroxyl groups excluding tert-OH is 14. The number of carbonyl (C=O) groups is 1. The summed E-state index contributed by atoms with van der Waals surface area (Å²) in [6.07, 6.45) is -29.9. The summed E-state index contributed by atoms with van der Waals surface area (Å²) in [6, 6.07) is 0. The van der Waals surface area contributed by atoms with Gasteiger partial charge in [0.2, 0.25) is 0 Å². The third-order valence-corrected chi connectivity index (χ3v) is 23.4. The monoisotopic (exact) mass is 1200 g/mol. The van der Waals surface area contributed by atoms with Crippen LogP contribution in [0.3, 0.4) is 0 Å². The molecule has 10 fully saturated rings. The molecule has 10 aliphatic rings. The Morgan fingerprint density at radius 3 is 1.77 bits per heavy atom. The van der Waals surface area contributed by atoms with Gasteiger partial charge >= 0.3 is 5.97 Å². The second-order valence-electron chi connectivity index (χ2n) is 28.1. The van der Waals surface area contributed by atoms with Crippen molar-refractivity contribution >= 4 is 5.97 Å². The second kappa shape index (κ2) is 24.2. The molecular formula is C59H96O25. The number of rotatable bonds is 13. The number of fused-ring (bicyclic) bond motifs is 7. The van der Waals surface area contributed by atoms with Crippen molar-refractivity contribution in [3.63, 3.8) is 0 Å². The molecule has 25 nitrogen and oxygen atoms in total. The third-order valence-electron chi connectivity index (χ3n) is 23.4. The molecule has 34 atom stereocenters. The maximum Gasteiger partial charge on any atom is 0.338 e. The molecule has 0 radical (unpaired) electrons. The molecule has 0 amide bonds. The Labute approximate surface area is 490 Å². The van der Waals surface area contributed by atoms with Crippen LogP contribution in [0.25, 0.3) is 0 Å². The topological polar surface area (TPSA) is 393 Å². The number of esters is 1. The van der Waals surface area contributed by atoms with Gasteiger partial charge in [0.25, 0.3) is 0 Å². The molecule has 25 heteroatoms. The highest BCUT2D eigenvalue weighted by Crippen LogP contribution is 2.77. The van der Waals surface area contributed by atoms with Gasteiger partial charge < -0.3 is 119 Å². The summed E-state index contributed by atoms with van der Waals surface area (Å²) in [6.45, 7) is 19.5. The second-order valence-corrected chi connectivity index (χ2v) is 28.1. The summed E-state index contributed by atoms with van der Waals surface area (Å²) < 4.78 is 60.2. The van der Waals surface area contributed by atoms with Gasteiger partial charge in [-0.3, -0.25) is 0 Å². The van der Waals surface area contributed by atoms with Crippen molar-refractivity contribution in [2.75, 3.05) is 19.8 Å². The molecule has 84 heavy (non-hydrogen) atoms. The Balaban J connectivity index is 0.812. The van der Waals surface area contributed by atoms with Crippen LogP contribution in [0.1, 0.15) is 120 Å². The van der Waals surface area contributed by atoms with Crippen molar-refractivity contribution in [1.82, 2.24) is 0 Å². The van der Waals surface area contributed by atoms with Crippen LogP contribution in [0.2, 0.25) is 0 Å². The molecule has 14 N–H and O–H groups in total. The molecule has 0 aromatic rings. The highest BCUT2D eigenvalue weighted by molar-refractivity contribution is 5.76. The Bertz CT molecular complexity index is 2320. The lowest BCUT2D eigenvalue weighted by Crippen LogP contribution is -2.68. The van der Waals surface area contributed by atoms with Crippen molar-refractivity contribution in [3.8, 4) is 0 Å². The van der Waals surface area contributed by atoms with Crippen LogP contribution in [-0.2, 0) is 52.2 Å². The number of ether oxygens (including phenoxy) is 10. The molecule has 5 saturated heterocycles. The molecule has 0 aromatic carbocycles. The predicted molar refractivity (Wildman–Crippen MR) is 287 cm³/mol. The average molecular weight is 1210 g/mol.